The molecule has 0 aromatic rings. The number of carbonyl (C=O) groups is 1. The Labute approximate surface area is 73.7 Å². The second kappa shape index (κ2) is 7.79. The molecule has 1 amide bonds. The summed E-state index contributed by atoms with van der Waals surface area (Å²) in [6, 6.07) is 0. The Morgan fingerprint density at radius 2 is 2.25 bits per heavy atom. The van der Waals surface area contributed by atoms with Crippen molar-refractivity contribution in [1.82, 2.24) is 5.32 Å². The van der Waals surface area contributed by atoms with Crippen molar-refractivity contribution < 1.29 is 4.79 Å². The molecule has 0 aliphatic carbocycles. The van der Waals surface area contributed by atoms with Crippen molar-refractivity contribution in [2.75, 3.05) is 6.54 Å². The molecule has 66 valence electrons. The third-order valence-corrected chi connectivity index (χ3v) is 1.37. The Morgan fingerprint density at radius 3 is 2.83 bits per heavy atom. The van der Waals surface area contributed by atoms with E-state index in [0.717, 1.165) is 6.42 Å². The van der Waals surface area contributed by atoms with E-state index >= 15 is 0 Å². The van der Waals surface area contributed by atoms with E-state index in [4.69, 9.17) is 0 Å². The quantitative estimate of drug-likeness (QED) is 0.363. The lowest BCUT2D eigenvalue weighted by Gasteiger charge is -1.97. The van der Waals surface area contributed by atoms with Gasteiger partial charge < -0.3 is 5.32 Å². The molecule has 0 aliphatic heterocycles. The predicted octanol–water partition coefficient (Wildman–Crippen LogP) is 1.81. The number of nitrogens with one attached hydrogen (secondary N) is 1. The van der Waals surface area contributed by atoms with Gasteiger partial charge in [0.05, 0.1) is 0 Å². The van der Waals surface area contributed by atoms with Crippen molar-refractivity contribution in [3.63, 3.8) is 0 Å². The summed E-state index contributed by atoms with van der Waals surface area (Å²) in [7, 11) is 0. The predicted molar refractivity (Wildman–Crippen MR) is 51.8 cm³/mol. The van der Waals surface area contributed by atoms with Gasteiger partial charge in [0.1, 0.15) is 0 Å². The van der Waals surface area contributed by atoms with Crippen LogP contribution in [0.1, 0.15) is 13.3 Å². The highest BCUT2D eigenvalue weighted by Crippen LogP contribution is 1.97. The maximum atomic E-state index is 9.89. The zero-order valence-electron chi connectivity index (χ0n) is 7.42. The normalized spacial score (nSPS) is 11.6. The molecule has 0 bridgehead atoms. The average molecular weight is 165 g/mol. The topological polar surface area (TPSA) is 29.1 Å². The van der Waals surface area contributed by atoms with Crippen LogP contribution in [0.15, 0.2) is 36.5 Å². The molecule has 0 radical (unpaired) electrons. The molecule has 0 aromatic carbocycles. The Morgan fingerprint density at radius 1 is 1.50 bits per heavy atom. The van der Waals surface area contributed by atoms with Gasteiger partial charge in [0.15, 0.2) is 0 Å². The van der Waals surface area contributed by atoms with E-state index in [0.29, 0.717) is 13.0 Å². The fraction of sp³-hybridized carbons (Fsp3) is 0.300. The highest BCUT2D eigenvalue weighted by Gasteiger charge is 1.86. The third kappa shape index (κ3) is 6.81. The van der Waals surface area contributed by atoms with Gasteiger partial charge in [-0.2, -0.15) is 0 Å². The third-order valence-electron chi connectivity index (χ3n) is 1.37. The van der Waals surface area contributed by atoms with Gasteiger partial charge in [0, 0.05) is 6.54 Å². The second-order valence-corrected chi connectivity index (χ2v) is 2.46. The maximum Gasteiger partial charge on any atom is 0.207 e. The van der Waals surface area contributed by atoms with Crippen molar-refractivity contribution in [1.29, 1.82) is 0 Å². The van der Waals surface area contributed by atoms with Gasteiger partial charge in [-0.3, -0.25) is 4.79 Å². The molecule has 12 heavy (non-hydrogen) atoms. The summed E-state index contributed by atoms with van der Waals surface area (Å²) < 4.78 is 0. The first-order chi connectivity index (χ1) is 5.81. The molecule has 0 unspecified atom stereocenters. The second-order valence-electron chi connectivity index (χ2n) is 2.46. The van der Waals surface area contributed by atoms with E-state index in [2.05, 4.69) is 11.9 Å². The van der Waals surface area contributed by atoms with Crippen LogP contribution in [0.4, 0.5) is 0 Å². The van der Waals surface area contributed by atoms with E-state index in [1.54, 1.807) is 6.08 Å². The molecule has 0 spiro atoms. The van der Waals surface area contributed by atoms with E-state index in [1.807, 2.05) is 25.2 Å². The number of carbonyl (C=O) groups excluding carboxylic acids is 1. The van der Waals surface area contributed by atoms with Gasteiger partial charge >= 0.3 is 0 Å². The van der Waals surface area contributed by atoms with E-state index in [1.165, 1.54) is 5.57 Å². The van der Waals surface area contributed by atoms with E-state index in [-0.39, 0.29) is 0 Å². The molecule has 0 fully saturated rings. The molecule has 0 saturated carbocycles. The number of allylic oxidation sites excluding steroid dienone is 4. The highest BCUT2D eigenvalue weighted by molar-refractivity contribution is 5.45. The van der Waals surface area contributed by atoms with Gasteiger partial charge in [0.2, 0.25) is 6.41 Å². The highest BCUT2D eigenvalue weighted by atomic mass is 16.1. The molecule has 2 heteroatoms. The summed E-state index contributed by atoms with van der Waals surface area (Å²) >= 11 is 0. The van der Waals surface area contributed by atoms with Crippen LogP contribution in [0, 0.1) is 0 Å². The SMILES string of the molecule is C=C/C=C\C=C(/C)CCNC=O. The lowest BCUT2D eigenvalue weighted by molar-refractivity contribution is -0.109. The van der Waals surface area contributed by atoms with Crippen LogP contribution < -0.4 is 5.32 Å². The summed E-state index contributed by atoms with van der Waals surface area (Å²) in [5, 5.41) is 2.60. The largest absolute Gasteiger partial charge is 0.358 e. The minimum atomic E-state index is 0.702. The van der Waals surface area contributed by atoms with Crippen LogP contribution >= 0.6 is 0 Å². The molecule has 0 saturated heterocycles. The summed E-state index contributed by atoms with van der Waals surface area (Å²) in [6.45, 7) is 6.29. The first kappa shape index (κ1) is 10.7. The van der Waals surface area contributed by atoms with Gasteiger partial charge in [-0.1, -0.05) is 36.5 Å². The Kier molecular flexibility index (Phi) is 6.94. The minimum Gasteiger partial charge on any atom is -0.358 e. The fourth-order valence-corrected chi connectivity index (χ4v) is 0.710. The molecule has 0 rings (SSSR count). The summed E-state index contributed by atoms with van der Waals surface area (Å²) in [5.41, 5.74) is 1.24. The monoisotopic (exact) mass is 165 g/mol. The summed E-state index contributed by atoms with van der Waals surface area (Å²) in [5.74, 6) is 0. The Bertz CT molecular complexity index is 192. The van der Waals surface area contributed by atoms with Crippen LogP contribution in [-0.2, 0) is 4.79 Å². The first-order valence-corrected chi connectivity index (χ1v) is 3.93. The lowest BCUT2D eigenvalue weighted by atomic mass is 10.2. The summed E-state index contributed by atoms with van der Waals surface area (Å²) in [4.78, 5) is 9.89. The van der Waals surface area contributed by atoms with Crippen molar-refractivity contribution in [2.24, 2.45) is 0 Å². The average Bonchev–Trinajstić information content (AvgIpc) is 2.06. The number of amides is 1. The van der Waals surface area contributed by atoms with Gasteiger partial charge in [-0.25, -0.2) is 0 Å². The van der Waals surface area contributed by atoms with Crippen molar-refractivity contribution in [3.05, 3.63) is 36.5 Å². The molecule has 2 nitrogen and oxygen atoms in total. The zero-order chi connectivity index (χ0) is 9.23. The smallest absolute Gasteiger partial charge is 0.207 e. The van der Waals surface area contributed by atoms with Gasteiger partial charge in [-0.05, 0) is 13.3 Å². The van der Waals surface area contributed by atoms with Crippen LogP contribution in [-0.4, -0.2) is 13.0 Å². The zero-order valence-corrected chi connectivity index (χ0v) is 7.42. The maximum absolute atomic E-state index is 9.89. The first-order valence-electron chi connectivity index (χ1n) is 3.93. The molecular formula is C10H15NO. The Balaban J connectivity index is 3.61. The van der Waals surface area contributed by atoms with Crippen LogP contribution in [0.25, 0.3) is 0 Å². The van der Waals surface area contributed by atoms with Crippen molar-refractivity contribution in [2.45, 2.75) is 13.3 Å². The molecule has 0 aromatic heterocycles. The standard InChI is InChI=1S/C10H15NO/c1-3-4-5-6-10(2)7-8-11-9-12/h3-6,9H,1,7-8H2,2H3,(H,11,12)/b5-4-,10-6+. The van der Waals surface area contributed by atoms with E-state index < -0.39 is 0 Å². The number of rotatable bonds is 6. The van der Waals surface area contributed by atoms with E-state index in [9.17, 15) is 4.79 Å². The molecule has 1 N–H and O–H groups in total. The Hall–Kier alpha value is -1.31. The van der Waals surface area contributed by atoms with Gasteiger partial charge in [0.25, 0.3) is 0 Å². The molecule has 0 atom stereocenters. The van der Waals surface area contributed by atoms with Crippen LogP contribution in [0.5, 0.6) is 0 Å². The van der Waals surface area contributed by atoms with Crippen LogP contribution in [0.2, 0.25) is 0 Å². The molecular weight excluding hydrogens is 150 g/mol. The fourth-order valence-electron chi connectivity index (χ4n) is 0.710. The van der Waals surface area contributed by atoms with Crippen molar-refractivity contribution >= 4 is 6.41 Å². The minimum absolute atomic E-state index is 0.702. The molecule has 0 heterocycles. The summed E-state index contributed by atoms with van der Waals surface area (Å²) in [6.07, 6.45) is 9.15. The number of hydrogen-bond acceptors (Lipinski definition) is 1. The van der Waals surface area contributed by atoms with Crippen LogP contribution in [0.3, 0.4) is 0 Å². The number of hydrogen-bond donors (Lipinski definition) is 1. The molecule has 0 aliphatic rings. The van der Waals surface area contributed by atoms with Crippen molar-refractivity contribution in [3.8, 4) is 0 Å². The van der Waals surface area contributed by atoms with Gasteiger partial charge in [-0.15, -0.1) is 0 Å². The lowest BCUT2D eigenvalue weighted by Crippen LogP contribution is -2.11.